The number of benzene rings is 2. The molecule has 1 fully saturated rings. The fourth-order valence-electron chi connectivity index (χ4n) is 3.65. The molecular weight excluding hydrogens is 406 g/mol. The molecular formula is C21H25N3O5S. The molecule has 0 spiro atoms. The van der Waals surface area contributed by atoms with Gasteiger partial charge >= 0.3 is 0 Å². The number of anilines is 1. The summed E-state index contributed by atoms with van der Waals surface area (Å²) in [7, 11) is -3.41. The molecule has 9 heteroatoms. The molecule has 4 rings (SSSR count). The standard InChI is InChI=1S/C21H25N3O5S/c1-15-3-5-17(12-18(15)22-30(2,26)27)21(25)24-9-7-23(8-10-24)13-16-4-6-19-20(11-16)29-14-28-19/h3-6,11-12,22H,7-10,13-14H2,1-2H3. The Morgan fingerprint density at radius 1 is 1.03 bits per heavy atom. The van der Waals surface area contributed by atoms with Crippen LogP contribution in [0.5, 0.6) is 11.5 Å². The molecule has 2 aliphatic rings. The quantitative estimate of drug-likeness (QED) is 0.780. The Morgan fingerprint density at radius 3 is 2.50 bits per heavy atom. The van der Waals surface area contributed by atoms with E-state index in [0.717, 1.165) is 48.5 Å². The average molecular weight is 432 g/mol. The molecule has 0 aromatic heterocycles. The number of sulfonamides is 1. The van der Waals surface area contributed by atoms with E-state index in [4.69, 9.17) is 9.47 Å². The van der Waals surface area contributed by atoms with E-state index < -0.39 is 10.0 Å². The lowest BCUT2D eigenvalue weighted by atomic mass is 10.1. The molecule has 2 aliphatic heterocycles. The van der Waals surface area contributed by atoms with Crippen molar-refractivity contribution in [1.82, 2.24) is 9.80 Å². The van der Waals surface area contributed by atoms with Gasteiger partial charge in [0.15, 0.2) is 11.5 Å². The summed E-state index contributed by atoms with van der Waals surface area (Å²) in [4.78, 5) is 17.0. The lowest BCUT2D eigenvalue weighted by Crippen LogP contribution is -2.48. The molecule has 1 amide bonds. The van der Waals surface area contributed by atoms with E-state index in [9.17, 15) is 13.2 Å². The van der Waals surface area contributed by atoms with Gasteiger partial charge in [-0.1, -0.05) is 12.1 Å². The van der Waals surface area contributed by atoms with Crippen molar-refractivity contribution in [1.29, 1.82) is 0 Å². The zero-order valence-corrected chi connectivity index (χ0v) is 17.9. The second-order valence-corrected chi connectivity index (χ2v) is 9.41. The highest BCUT2D eigenvalue weighted by Crippen LogP contribution is 2.32. The van der Waals surface area contributed by atoms with Crippen LogP contribution in [0, 0.1) is 6.92 Å². The zero-order valence-electron chi connectivity index (χ0n) is 17.1. The fraction of sp³-hybridized carbons (Fsp3) is 0.381. The lowest BCUT2D eigenvalue weighted by molar-refractivity contribution is 0.0628. The zero-order chi connectivity index (χ0) is 21.3. The highest BCUT2D eigenvalue weighted by atomic mass is 32.2. The summed E-state index contributed by atoms with van der Waals surface area (Å²) in [6, 6.07) is 11.1. The van der Waals surface area contributed by atoms with Gasteiger partial charge in [-0.25, -0.2) is 8.42 Å². The van der Waals surface area contributed by atoms with Crippen molar-refractivity contribution in [2.24, 2.45) is 0 Å². The van der Waals surface area contributed by atoms with Crippen molar-refractivity contribution in [3.8, 4) is 11.5 Å². The Kier molecular flexibility index (Phi) is 5.57. The van der Waals surface area contributed by atoms with Crippen molar-refractivity contribution in [2.45, 2.75) is 13.5 Å². The summed E-state index contributed by atoms with van der Waals surface area (Å²) in [6.07, 6.45) is 1.10. The van der Waals surface area contributed by atoms with E-state index in [2.05, 4.69) is 9.62 Å². The summed E-state index contributed by atoms with van der Waals surface area (Å²) < 4.78 is 36.4. The van der Waals surface area contributed by atoms with E-state index in [0.29, 0.717) is 24.3 Å². The fourth-order valence-corrected chi connectivity index (χ4v) is 4.27. The van der Waals surface area contributed by atoms with Crippen molar-refractivity contribution in [3.63, 3.8) is 0 Å². The number of hydrogen-bond acceptors (Lipinski definition) is 6. The van der Waals surface area contributed by atoms with Crippen molar-refractivity contribution in [2.75, 3.05) is 43.9 Å². The monoisotopic (exact) mass is 431 g/mol. The molecule has 160 valence electrons. The predicted molar refractivity (Wildman–Crippen MR) is 113 cm³/mol. The summed E-state index contributed by atoms with van der Waals surface area (Å²) in [5.41, 5.74) is 2.83. The number of nitrogens with one attached hydrogen (secondary N) is 1. The lowest BCUT2D eigenvalue weighted by Gasteiger charge is -2.35. The van der Waals surface area contributed by atoms with Crippen LogP contribution in [-0.2, 0) is 16.6 Å². The minimum Gasteiger partial charge on any atom is -0.454 e. The van der Waals surface area contributed by atoms with E-state index in [1.54, 1.807) is 25.1 Å². The first-order valence-electron chi connectivity index (χ1n) is 9.77. The Labute approximate surface area is 176 Å². The maximum absolute atomic E-state index is 12.9. The van der Waals surface area contributed by atoms with Gasteiger partial charge in [0.1, 0.15) is 0 Å². The van der Waals surface area contributed by atoms with Crippen molar-refractivity contribution < 1.29 is 22.7 Å². The first kappa shape index (κ1) is 20.5. The topological polar surface area (TPSA) is 88.2 Å². The summed E-state index contributed by atoms with van der Waals surface area (Å²) >= 11 is 0. The molecule has 0 unspecified atom stereocenters. The molecule has 0 saturated carbocycles. The summed E-state index contributed by atoms with van der Waals surface area (Å²) in [5.74, 6) is 1.46. The van der Waals surface area contributed by atoms with Gasteiger partial charge in [-0.15, -0.1) is 0 Å². The van der Waals surface area contributed by atoms with Gasteiger partial charge in [0, 0.05) is 38.3 Å². The molecule has 1 saturated heterocycles. The minimum absolute atomic E-state index is 0.0886. The number of carbonyl (C=O) groups excluding carboxylic acids is 1. The summed E-state index contributed by atoms with van der Waals surface area (Å²) in [5, 5.41) is 0. The van der Waals surface area contributed by atoms with Crippen LogP contribution < -0.4 is 14.2 Å². The van der Waals surface area contributed by atoms with Gasteiger partial charge in [-0.2, -0.15) is 0 Å². The van der Waals surface area contributed by atoms with Crippen LogP contribution in [0.3, 0.4) is 0 Å². The molecule has 8 nitrogen and oxygen atoms in total. The minimum atomic E-state index is -3.41. The highest BCUT2D eigenvalue weighted by Gasteiger charge is 2.23. The Morgan fingerprint density at radius 2 is 1.77 bits per heavy atom. The molecule has 2 heterocycles. The van der Waals surface area contributed by atoms with Gasteiger partial charge in [-0.3, -0.25) is 14.4 Å². The van der Waals surface area contributed by atoms with Crippen LogP contribution >= 0.6 is 0 Å². The average Bonchev–Trinajstić information content (AvgIpc) is 3.16. The summed E-state index contributed by atoms with van der Waals surface area (Å²) in [6.45, 7) is 5.61. The molecule has 0 radical (unpaired) electrons. The Balaban J connectivity index is 1.37. The maximum atomic E-state index is 12.9. The van der Waals surface area contributed by atoms with Gasteiger partial charge in [0.05, 0.1) is 11.9 Å². The van der Waals surface area contributed by atoms with Crippen LogP contribution in [0.2, 0.25) is 0 Å². The first-order valence-corrected chi connectivity index (χ1v) is 11.7. The van der Waals surface area contributed by atoms with E-state index in [-0.39, 0.29) is 12.7 Å². The Hall–Kier alpha value is -2.78. The largest absolute Gasteiger partial charge is 0.454 e. The second-order valence-electron chi connectivity index (χ2n) is 7.66. The molecule has 1 N–H and O–H groups in total. The highest BCUT2D eigenvalue weighted by molar-refractivity contribution is 7.92. The van der Waals surface area contributed by atoms with Crippen LogP contribution in [0.1, 0.15) is 21.5 Å². The molecule has 2 aromatic rings. The maximum Gasteiger partial charge on any atom is 0.254 e. The first-order chi connectivity index (χ1) is 14.3. The SMILES string of the molecule is Cc1ccc(C(=O)N2CCN(Cc3ccc4c(c3)OCO4)CC2)cc1NS(C)(=O)=O. The number of rotatable bonds is 5. The third-order valence-electron chi connectivity index (χ3n) is 5.28. The smallest absolute Gasteiger partial charge is 0.254 e. The molecule has 0 bridgehead atoms. The number of piperazine rings is 1. The molecule has 0 aliphatic carbocycles. The van der Waals surface area contributed by atoms with Gasteiger partial charge in [0.25, 0.3) is 5.91 Å². The number of amides is 1. The van der Waals surface area contributed by atoms with Crippen LogP contribution in [0.25, 0.3) is 0 Å². The van der Waals surface area contributed by atoms with Crippen molar-refractivity contribution >= 4 is 21.6 Å². The Bertz CT molecular complexity index is 1060. The number of nitrogens with zero attached hydrogens (tertiary/aromatic N) is 2. The third-order valence-corrected chi connectivity index (χ3v) is 5.87. The van der Waals surface area contributed by atoms with Gasteiger partial charge in [-0.05, 0) is 42.3 Å². The van der Waals surface area contributed by atoms with E-state index in [1.165, 1.54) is 0 Å². The molecule has 0 atom stereocenters. The second kappa shape index (κ2) is 8.16. The molecule has 2 aromatic carbocycles. The van der Waals surface area contributed by atoms with Crippen LogP contribution in [-0.4, -0.2) is 63.4 Å². The van der Waals surface area contributed by atoms with Crippen LogP contribution in [0.15, 0.2) is 36.4 Å². The van der Waals surface area contributed by atoms with Crippen molar-refractivity contribution in [3.05, 3.63) is 53.1 Å². The number of carbonyl (C=O) groups is 1. The molecule has 30 heavy (non-hydrogen) atoms. The van der Waals surface area contributed by atoms with Gasteiger partial charge < -0.3 is 14.4 Å². The predicted octanol–water partition coefficient (Wildman–Crippen LogP) is 2.05. The number of aryl methyl sites for hydroxylation is 1. The van der Waals surface area contributed by atoms with Crippen LogP contribution in [0.4, 0.5) is 5.69 Å². The van der Waals surface area contributed by atoms with E-state index >= 15 is 0 Å². The number of hydrogen-bond donors (Lipinski definition) is 1. The number of ether oxygens (including phenoxy) is 2. The normalized spacial score (nSPS) is 16.5. The van der Waals surface area contributed by atoms with Gasteiger partial charge in [0.2, 0.25) is 16.8 Å². The number of fused-ring (bicyclic) bond motifs is 1. The van der Waals surface area contributed by atoms with E-state index in [1.807, 2.05) is 23.1 Å². The third kappa shape index (κ3) is 4.68.